The largest absolute Gasteiger partial charge is 0.283 e. The van der Waals surface area contributed by atoms with Gasteiger partial charge in [0.1, 0.15) is 0 Å². The zero-order valence-electron chi connectivity index (χ0n) is 11.7. The van der Waals surface area contributed by atoms with Crippen molar-refractivity contribution >= 4 is 33.8 Å². The van der Waals surface area contributed by atoms with E-state index in [2.05, 4.69) is 73.3 Å². The van der Waals surface area contributed by atoms with Crippen LogP contribution >= 0.6 is 11.9 Å². The van der Waals surface area contributed by atoms with E-state index in [1.165, 1.54) is 21.8 Å². The molecule has 0 amide bonds. The second-order valence-electron chi connectivity index (χ2n) is 5.53. The van der Waals surface area contributed by atoms with Gasteiger partial charge in [0.05, 0.1) is 11.0 Å². The molecule has 0 saturated carbocycles. The molecule has 0 N–H and O–H groups in total. The summed E-state index contributed by atoms with van der Waals surface area (Å²) in [6.07, 6.45) is 1.15. The van der Waals surface area contributed by atoms with Crippen LogP contribution in [0.15, 0.2) is 48.5 Å². The molecule has 0 aliphatic heterocycles. The number of fused-ring (bicyclic) bond motifs is 3. The maximum absolute atomic E-state index is 2.40. The predicted octanol–water partition coefficient (Wildman–Crippen LogP) is 5.48. The molecule has 0 aliphatic rings. The van der Waals surface area contributed by atoms with E-state index in [1.54, 1.807) is 0 Å². The highest BCUT2D eigenvalue weighted by Gasteiger charge is 2.20. The second-order valence-corrected chi connectivity index (χ2v) is 7.19. The lowest BCUT2D eigenvalue weighted by Crippen LogP contribution is -2.15. The lowest BCUT2D eigenvalue weighted by Gasteiger charge is -2.23. The second kappa shape index (κ2) is 4.61. The molecule has 1 nitrogen and oxygen atoms in total. The van der Waals surface area contributed by atoms with Gasteiger partial charge in [0, 0.05) is 15.5 Å². The smallest absolute Gasteiger partial charge is 0.0604 e. The standard InChI is InChI=1S/C17H19NS/c1-4-17(2,3)19-18-15-11-7-5-9-13(15)14-10-6-8-12-16(14)18/h5-12H,4H2,1-3H3. The lowest BCUT2D eigenvalue weighted by atomic mass is 10.1. The van der Waals surface area contributed by atoms with Crippen molar-refractivity contribution in [3.63, 3.8) is 0 Å². The third kappa shape index (κ3) is 2.14. The van der Waals surface area contributed by atoms with E-state index in [0.29, 0.717) is 0 Å². The number of nitrogens with zero attached hydrogens (tertiary/aromatic N) is 1. The van der Waals surface area contributed by atoms with E-state index >= 15 is 0 Å². The van der Waals surface area contributed by atoms with Crippen LogP contribution in [0, 0.1) is 0 Å². The predicted molar refractivity (Wildman–Crippen MR) is 86.8 cm³/mol. The minimum Gasteiger partial charge on any atom is -0.283 e. The summed E-state index contributed by atoms with van der Waals surface area (Å²) in [7, 11) is 0. The van der Waals surface area contributed by atoms with Crippen molar-refractivity contribution in [1.29, 1.82) is 0 Å². The Morgan fingerprint density at radius 2 is 1.37 bits per heavy atom. The van der Waals surface area contributed by atoms with Crippen LogP contribution in [0.1, 0.15) is 27.2 Å². The lowest BCUT2D eigenvalue weighted by molar-refractivity contribution is 0.682. The quantitative estimate of drug-likeness (QED) is 0.609. The number of aromatic nitrogens is 1. The van der Waals surface area contributed by atoms with Crippen LogP contribution in [-0.4, -0.2) is 8.72 Å². The first-order valence-electron chi connectivity index (χ1n) is 6.80. The molecular formula is C17H19NS. The fourth-order valence-electron chi connectivity index (χ4n) is 2.30. The minimum absolute atomic E-state index is 0.241. The van der Waals surface area contributed by atoms with Crippen molar-refractivity contribution in [3.8, 4) is 0 Å². The molecule has 1 heterocycles. The Bertz CT molecular complexity index is 671. The Labute approximate surface area is 118 Å². The van der Waals surface area contributed by atoms with Gasteiger partial charge in [-0.05, 0) is 44.3 Å². The molecule has 3 aromatic rings. The van der Waals surface area contributed by atoms with Gasteiger partial charge in [0.2, 0.25) is 0 Å². The highest BCUT2D eigenvalue weighted by molar-refractivity contribution is 7.99. The highest BCUT2D eigenvalue weighted by Crippen LogP contribution is 2.38. The van der Waals surface area contributed by atoms with E-state index in [9.17, 15) is 0 Å². The molecule has 0 atom stereocenters. The molecule has 0 unspecified atom stereocenters. The summed E-state index contributed by atoms with van der Waals surface area (Å²) in [5.74, 6) is 0. The van der Waals surface area contributed by atoms with Crippen LogP contribution in [0.3, 0.4) is 0 Å². The molecule has 0 aliphatic carbocycles. The fraction of sp³-hybridized carbons (Fsp3) is 0.294. The normalized spacial score (nSPS) is 12.4. The molecule has 2 heteroatoms. The summed E-state index contributed by atoms with van der Waals surface area (Å²) in [6, 6.07) is 17.3. The first-order chi connectivity index (χ1) is 9.12. The Balaban J connectivity index is 2.31. The number of hydrogen-bond acceptors (Lipinski definition) is 1. The van der Waals surface area contributed by atoms with E-state index in [4.69, 9.17) is 0 Å². The Morgan fingerprint density at radius 3 is 1.84 bits per heavy atom. The van der Waals surface area contributed by atoms with Crippen LogP contribution in [0.2, 0.25) is 0 Å². The van der Waals surface area contributed by atoms with Gasteiger partial charge in [0.15, 0.2) is 0 Å². The van der Waals surface area contributed by atoms with E-state index in [-0.39, 0.29) is 4.75 Å². The van der Waals surface area contributed by atoms with Gasteiger partial charge in [0.25, 0.3) is 0 Å². The van der Waals surface area contributed by atoms with E-state index in [0.717, 1.165) is 6.42 Å². The molecule has 19 heavy (non-hydrogen) atoms. The van der Waals surface area contributed by atoms with E-state index in [1.807, 2.05) is 11.9 Å². The Kier molecular flexibility index (Phi) is 3.06. The van der Waals surface area contributed by atoms with Gasteiger partial charge in [-0.2, -0.15) is 0 Å². The molecule has 0 saturated heterocycles. The van der Waals surface area contributed by atoms with Crippen LogP contribution in [-0.2, 0) is 0 Å². The van der Waals surface area contributed by atoms with Gasteiger partial charge in [-0.3, -0.25) is 3.97 Å². The first-order valence-corrected chi connectivity index (χ1v) is 7.57. The molecule has 2 aromatic carbocycles. The van der Waals surface area contributed by atoms with Crippen molar-refractivity contribution in [2.24, 2.45) is 0 Å². The Hall–Kier alpha value is -1.41. The zero-order chi connectivity index (χ0) is 13.5. The van der Waals surface area contributed by atoms with Crippen molar-refractivity contribution in [1.82, 2.24) is 3.97 Å². The average molecular weight is 269 g/mol. The summed E-state index contributed by atoms with van der Waals surface area (Å²) in [5.41, 5.74) is 2.63. The molecular weight excluding hydrogens is 250 g/mol. The van der Waals surface area contributed by atoms with Crippen LogP contribution < -0.4 is 0 Å². The van der Waals surface area contributed by atoms with Crippen LogP contribution in [0.5, 0.6) is 0 Å². The Morgan fingerprint density at radius 1 is 0.895 bits per heavy atom. The van der Waals surface area contributed by atoms with Gasteiger partial charge < -0.3 is 0 Å². The third-order valence-corrected chi connectivity index (χ3v) is 5.08. The molecule has 3 rings (SSSR count). The van der Waals surface area contributed by atoms with Crippen LogP contribution in [0.4, 0.5) is 0 Å². The summed E-state index contributed by atoms with van der Waals surface area (Å²) >= 11 is 1.93. The number of benzene rings is 2. The van der Waals surface area contributed by atoms with Gasteiger partial charge in [-0.15, -0.1) is 0 Å². The maximum Gasteiger partial charge on any atom is 0.0604 e. The fourth-order valence-corrected chi connectivity index (χ4v) is 3.44. The molecule has 0 bridgehead atoms. The highest BCUT2D eigenvalue weighted by atomic mass is 32.2. The number of rotatable bonds is 3. The summed E-state index contributed by atoms with van der Waals surface area (Å²) in [4.78, 5) is 0. The minimum atomic E-state index is 0.241. The van der Waals surface area contributed by atoms with Crippen molar-refractivity contribution < 1.29 is 0 Å². The molecule has 0 fully saturated rings. The topological polar surface area (TPSA) is 4.93 Å². The zero-order valence-corrected chi connectivity index (χ0v) is 12.5. The number of para-hydroxylation sites is 2. The van der Waals surface area contributed by atoms with Crippen molar-refractivity contribution in [2.45, 2.75) is 31.9 Å². The van der Waals surface area contributed by atoms with Gasteiger partial charge in [-0.25, -0.2) is 0 Å². The molecule has 98 valence electrons. The first kappa shape index (κ1) is 12.6. The van der Waals surface area contributed by atoms with Gasteiger partial charge in [-0.1, -0.05) is 43.3 Å². The number of hydrogen-bond donors (Lipinski definition) is 0. The summed E-state index contributed by atoms with van der Waals surface area (Å²) < 4.78 is 2.64. The third-order valence-electron chi connectivity index (χ3n) is 3.73. The monoisotopic (exact) mass is 269 g/mol. The van der Waals surface area contributed by atoms with Crippen molar-refractivity contribution in [2.75, 3.05) is 0 Å². The van der Waals surface area contributed by atoms with Crippen LogP contribution in [0.25, 0.3) is 21.8 Å². The van der Waals surface area contributed by atoms with Crippen molar-refractivity contribution in [3.05, 3.63) is 48.5 Å². The summed E-state index contributed by atoms with van der Waals surface area (Å²) in [6.45, 7) is 6.86. The molecule has 1 aromatic heterocycles. The summed E-state index contributed by atoms with van der Waals surface area (Å²) in [5, 5.41) is 2.69. The molecule has 0 spiro atoms. The van der Waals surface area contributed by atoms with E-state index < -0.39 is 0 Å². The SMILES string of the molecule is CCC(C)(C)Sn1c2ccccc2c2ccccc21. The molecule has 0 radical (unpaired) electrons. The maximum atomic E-state index is 2.40. The average Bonchev–Trinajstić information content (AvgIpc) is 2.74. The van der Waals surface area contributed by atoms with Gasteiger partial charge >= 0.3 is 0 Å².